The number of nitrogens with zero attached hydrogens (tertiary/aromatic N) is 2. The van der Waals surface area contributed by atoms with Crippen LogP contribution in [0.5, 0.6) is 0 Å². The zero-order chi connectivity index (χ0) is 19.8. The number of carbonyl (C=O) groups is 1. The molecule has 1 amide bonds. The molecule has 2 fully saturated rings. The van der Waals surface area contributed by atoms with Crippen LogP contribution in [0.15, 0.2) is 29.3 Å². The van der Waals surface area contributed by atoms with E-state index in [0.717, 1.165) is 64.2 Å². The first-order chi connectivity index (χ1) is 13.7. The molecule has 1 aliphatic carbocycles. The minimum absolute atomic E-state index is 0. The number of amides is 1. The minimum atomic E-state index is 0. The van der Waals surface area contributed by atoms with E-state index in [1.807, 2.05) is 0 Å². The smallest absolute Gasteiger partial charge is 0.225 e. The molecule has 29 heavy (non-hydrogen) atoms. The van der Waals surface area contributed by atoms with E-state index >= 15 is 0 Å². The van der Waals surface area contributed by atoms with Gasteiger partial charge < -0.3 is 15.5 Å². The number of aliphatic imine (C=N–C) groups is 1. The van der Waals surface area contributed by atoms with Crippen molar-refractivity contribution in [2.45, 2.75) is 64.8 Å². The molecule has 2 N–H and O–H groups in total. The van der Waals surface area contributed by atoms with Crippen LogP contribution in [0.3, 0.4) is 0 Å². The molecule has 0 bridgehead atoms. The van der Waals surface area contributed by atoms with Crippen molar-refractivity contribution in [2.75, 3.05) is 26.2 Å². The van der Waals surface area contributed by atoms with E-state index in [4.69, 9.17) is 4.99 Å². The molecule has 1 heterocycles. The maximum atomic E-state index is 12.6. The molecule has 0 radical (unpaired) electrons. The Kier molecular flexibility index (Phi) is 10.2. The summed E-state index contributed by atoms with van der Waals surface area (Å²) in [6.07, 6.45) is 7.61. The lowest BCUT2D eigenvalue weighted by Gasteiger charge is -2.21. The van der Waals surface area contributed by atoms with Crippen LogP contribution in [-0.4, -0.2) is 49.0 Å². The molecular weight excluding hydrogens is 475 g/mol. The van der Waals surface area contributed by atoms with Crippen LogP contribution >= 0.6 is 24.0 Å². The number of halogens is 1. The average molecular weight is 512 g/mol. The molecule has 3 rings (SSSR count). The molecule has 5 nitrogen and oxygen atoms in total. The Morgan fingerprint density at radius 2 is 1.79 bits per heavy atom. The summed E-state index contributed by atoms with van der Waals surface area (Å²) in [6, 6.07) is 9.12. The van der Waals surface area contributed by atoms with Gasteiger partial charge in [-0.05, 0) is 50.2 Å². The molecule has 6 heteroatoms. The minimum Gasteiger partial charge on any atom is -0.357 e. The van der Waals surface area contributed by atoms with E-state index in [0.29, 0.717) is 11.9 Å². The van der Waals surface area contributed by atoms with Gasteiger partial charge in [0.15, 0.2) is 5.96 Å². The summed E-state index contributed by atoms with van der Waals surface area (Å²) in [5, 5.41) is 6.89. The molecule has 0 aromatic heterocycles. The van der Waals surface area contributed by atoms with Crippen molar-refractivity contribution < 1.29 is 4.79 Å². The number of hydrogen-bond donors (Lipinski definition) is 2. The summed E-state index contributed by atoms with van der Waals surface area (Å²) in [5.41, 5.74) is 2.70. The molecule has 1 unspecified atom stereocenters. The Morgan fingerprint density at radius 1 is 1.10 bits per heavy atom. The molecular formula is C23H37IN4O. The van der Waals surface area contributed by atoms with Crippen LogP contribution in [0, 0.1) is 5.92 Å². The van der Waals surface area contributed by atoms with E-state index in [1.165, 1.54) is 24.0 Å². The first kappa shape index (κ1) is 24.0. The van der Waals surface area contributed by atoms with Crippen molar-refractivity contribution in [2.24, 2.45) is 10.9 Å². The number of likely N-dealkylation sites (tertiary alicyclic amines) is 1. The Morgan fingerprint density at radius 3 is 2.45 bits per heavy atom. The molecule has 1 aliphatic heterocycles. The molecule has 1 aromatic rings. The van der Waals surface area contributed by atoms with E-state index in [-0.39, 0.29) is 29.9 Å². The van der Waals surface area contributed by atoms with Crippen LogP contribution in [0.1, 0.15) is 57.1 Å². The third-order valence-electron chi connectivity index (χ3n) is 5.99. The van der Waals surface area contributed by atoms with Crippen LogP contribution in [0.4, 0.5) is 0 Å². The topological polar surface area (TPSA) is 56.7 Å². The molecule has 2 aliphatic rings. The number of rotatable bonds is 7. The van der Waals surface area contributed by atoms with Gasteiger partial charge in [-0.15, -0.1) is 24.0 Å². The maximum Gasteiger partial charge on any atom is 0.225 e. The fraction of sp³-hybridized carbons (Fsp3) is 0.652. The van der Waals surface area contributed by atoms with Crippen molar-refractivity contribution >= 4 is 35.8 Å². The fourth-order valence-corrected chi connectivity index (χ4v) is 4.26. The van der Waals surface area contributed by atoms with Gasteiger partial charge in [0, 0.05) is 38.1 Å². The van der Waals surface area contributed by atoms with Gasteiger partial charge in [0.2, 0.25) is 5.91 Å². The van der Waals surface area contributed by atoms with Gasteiger partial charge >= 0.3 is 0 Å². The summed E-state index contributed by atoms with van der Waals surface area (Å²) < 4.78 is 0. The van der Waals surface area contributed by atoms with Crippen LogP contribution in [-0.2, 0) is 17.6 Å². The Labute approximate surface area is 193 Å². The predicted octanol–water partition coefficient (Wildman–Crippen LogP) is 3.76. The van der Waals surface area contributed by atoms with E-state index in [2.05, 4.69) is 53.6 Å². The molecule has 0 spiro atoms. The van der Waals surface area contributed by atoms with E-state index in [9.17, 15) is 4.79 Å². The third kappa shape index (κ3) is 7.15. The summed E-state index contributed by atoms with van der Waals surface area (Å²) in [7, 11) is 0. The van der Waals surface area contributed by atoms with Crippen molar-refractivity contribution in [3.8, 4) is 0 Å². The van der Waals surface area contributed by atoms with Gasteiger partial charge in [0.1, 0.15) is 0 Å². The monoisotopic (exact) mass is 512 g/mol. The summed E-state index contributed by atoms with van der Waals surface area (Å²) in [4.78, 5) is 19.4. The van der Waals surface area contributed by atoms with Crippen molar-refractivity contribution in [1.82, 2.24) is 15.5 Å². The van der Waals surface area contributed by atoms with Gasteiger partial charge in [0.05, 0.1) is 0 Å². The Hall–Kier alpha value is -1.31. The summed E-state index contributed by atoms with van der Waals surface area (Å²) >= 11 is 0. The normalized spacial score (nSPS) is 19.9. The number of aryl methyl sites for hydroxylation is 1. The zero-order valence-electron chi connectivity index (χ0n) is 18.0. The highest BCUT2D eigenvalue weighted by atomic mass is 127. The maximum absolute atomic E-state index is 12.6. The van der Waals surface area contributed by atoms with Crippen LogP contribution < -0.4 is 10.6 Å². The quantitative estimate of drug-likeness (QED) is 0.333. The Balaban J connectivity index is 0.00000300. The van der Waals surface area contributed by atoms with Gasteiger partial charge in [-0.25, -0.2) is 0 Å². The Bertz CT molecular complexity index is 655. The van der Waals surface area contributed by atoms with Crippen LogP contribution in [0.2, 0.25) is 0 Å². The molecule has 1 atom stereocenters. The van der Waals surface area contributed by atoms with Crippen molar-refractivity contribution in [3.63, 3.8) is 0 Å². The SMILES string of the molecule is CCNC(=NCCc1ccc(CC)cc1)NC1CCN(C(=O)C2CCCC2)C1.I. The first-order valence-electron chi connectivity index (χ1n) is 11.1. The molecule has 1 aromatic carbocycles. The summed E-state index contributed by atoms with van der Waals surface area (Å²) in [6.45, 7) is 7.55. The van der Waals surface area contributed by atoms with E-state index < -0.39 is 0 Å². The predicted molar refractivity (Wildman–Crippen MR) is 131 cm³/mol. The highest BCUT2D eigenvalue weighted by Gasteiger charge is 2.32. The fourth-order valence-electron chi connectivity index (χ4n) is 4.26. The lowest BCUT2D eigenvalue weighted by molar-refractivity contribution is -0.134. The van der Waals surface area contributed by atoms with Crippen molar-refractivity contribution in [3.05, 3.63) is 35.4 Å². The number of nitrogens with one attached hydrogen (secondary N) is 2. The van der Waals surface area contributed by atoms with Gasteiger partial charge in [-0.1, -0.05) is 44.0 Å². The summed E-state index contributed by atoms with van der Waals surface area (Å²) in [5.74, 6) is 1.52. The number of hydrogen-bond acceptors (Lipinski definition) is 2. The lowest BCUT2D eigenvalue weighted by Crippen LogP contribution is -2.45. The zero-order valence-corrected chi connectivity index (χ0v) is 20.3. The largest absolute Gasteiger partial charge is 0.357 e. The number of carbonyl (C=O) groups excluding carboxylic acids is 1. The molecule has 1 saturated heterocycles. The standard InChI is InChI=1S/C23H36N4O.HI/c1-3-18-9-11-19(12-10-18)13-15-25-23(24-4-2)26-21-14-16-27(17-21)22(28)20-7-5-6-8-20;/h9-12,20-21H,3-8,13-17H2,1-2H3,(H2,24,25,26);1H. The number of guanidine groups is 1. The third-order valence-corrected chi connectivity index (χ3v) is 5.99. The second-order valence-corrected chi connectivity index (χ2v) is 8.08. The van der Waals surface area contributed by atoms with Gasteiger partial charge in [-0.3, -0.25) is 9.79 Å². The van der Waals surface area contributed by atoms with Crippen LogP contribution in [0.25, 0.3) is 0 Å². The second-order valence-electron chi connectivity index (χ2n) is 8.08. The average Bonchev–Trinajstić information content (AvgIpc) is 3.40. The molecule has 162 valence electrons. The number of benzene rings is 1. The molecule has 1 saturated carbocycles. The van der Waals surface area contributed by atoms with Gasteiger partial charge in [-0.2, -0.15) is 0 Å². The first-order valence-corrected chi connectivity index (χ1v) is 11.1. The second kappa shape index (κ2) is 12.4. The lowest BCUT2D eigenvalue weighted by atomic mass is 10.1. The highest BCUT2D eigenvalue weighted by Crippen LogP contribution is 2.27. The van der Waals surface area contributed by atoms with Gasteiger partial charge in [0.25, 0.3) is 0 Å². The van der Waals surface area contributed by atoms with E-state index in [1.54, 1.807) is 0 Å². The van der Waals surface area contributed by atoms with Crippen molar-refractivity contribution in [1.29, 1.82) is 0 Å². The highest BCUT2D eigenvalue weighted by molar-refractivity contribution is 14.0.